The Morgan fingerprint density at radius 2 is 1.92 bits per heavy atom. The number of sulfone groups is 1. The first-order valence-corrected chi connectivity index (χ1v) is 8.83. The zero-order chi connectivity index (χ0) is 18.1. The lowest BCUT2D eigenvalue weighted by Gasteiger charge is -2.22. The van der Waals surface area contributed by atoms with Gasteiger partial charge in [-0.2, -0.15) is 10.6 Å². The smallest absolute Gasteiger partial charge is 0.305 e. The van der Waals surface area contributed by atoms with Crippen LogP contribution in [0.1, 0.15) is 18.9 Å². The maximum atomic E-state index is 12.4. The van der Waals surface area contributed by atoms with E-state index in [0.717, 1.165) is 11.3 Å². The minimum absolute atomic E-state index is 0.109. The average Bonchev–Trinajstić information content (AvgIpc) is 2.77. The highest BCUT2D eigenvalue weighted by Crippen LogP contribution is 2.25. The molecule has 0 radical (unpaired) electrons. The summed E-state index contributed by atoms with van der Waals surface area (Å²) in [5.74, 6) is -1.68. The second kappa shape index (κ2) is 6.30. The van der Waals surface area contributed by atoms with E-state index in [4.69, 9.17) is 5.11 Å². The topological polar surface area (TPSA) is 136 Å². The maximum Gasteiger partial charge on any atom is 0.305 e. The van der Waals surface area contributed by atoms with Gasteiger partial charge in [0.05, 0.1) is 23.6 Å². The molecular formula is C14H17N3O6S. The Kier molecular flexibility index (Phi) is 4.74. The van der Waals surface area contributed by atoms with Crippen molar-refractivity contribution in [1.29, 1.82) is 0 Å². The predicted molar refractivity (Wildman–Crippen MR) is 83.4 cm³/mol. The average molecular weight is 355 g/mol. The molecule has 9 nitrogen and oxygen atoms in total. The number of carbonyl (C=O) groups is 2. The summed E-state index contributed by atoms with van der Waals surface area (Å²) < 4.78 is 23.0. The Bertz CT molecular complexity index is 802. The number of carboxylic acid groups (broad SMARTS) is 1. The van der Waals surface area contributed by atoms with Crippen molar-refractivity contribution in [3.8, 4) is 0 Å². The van der Waals surface area contributed by atoms with Crippen molar-refractivity contribution in [2.75, 3.05) is 12.8 Å². The van der Waals surface area contributed by atoms with E-state index in [-0.39, 0.29) is 23.6 Å². The first kappa shape index (κ1) is 18.0. The second-order valence-electron chi connectivity index (χ2n) is 5.55. The highest BCUT2D eigenvalue weighted by molar-refractivity contribution is 7.90. The van der Waals surface area contributed by atoms with E-state index in [1.807, 2.05) is 5.48 Å². The summed E-state index contributed by atoms with van der Waals surface area (Å²) in [5.41, 5.74) is 0.958. The van der Waals surface area contributed by atoms with Crippen molar-refractivity contribution in [1.82, 2.24) is 10.5 Å². The molecule has 0 saturated heterocycles. The van der Waals surface area contributed by atoms with Crippen LogP contribution in [0.25, 0.3) is 0 Å². The zero-order valence-corrected chi connectivity index (χ0v) is 13.9. The number of aliphatic carboxylic acids is 1. The Hall–Kier alpha value is -2.30. The van der Waals surface area contributed by atoms with Gasteiger partial charge in [-0.15, -0.1) is 0 Å². The van der Waals surface area contributed by atoms with Crippen LogP contribution >= 0.6 is 0 Å². The fourth-order valence-electron chi connectivity index (χ4n) is 2.29. The van der Waals surface area contributed by atoms with Crippen LogP contribution in [0.4, 0.5) is 0 Å². The van der Waals surface area contributed by atoms with Crippen LogP contribution < -0.4 is 5.48 Å². The van der Waals surface area contributed by atoms with Crippen LogP contribution in [0, 0.1) is 0 Å². The van der Waals surface area contributed by atoms with Gasteiger partial charge in [-0.3, -0.25) is 9.59 Å². The van der Waals surface area contributed by atoms with Gasteiger partial charge in [-0.25, -0.2) is 13.4 Å². The van der Waals surface area contributed by atoms with Gasteiger partial charge in [0.2, 0.25) is 0 Å². The number of carboxylic acids is 1. The summed E-state index contributed by atoms with van der Waals surface area (Å²) >= 11 is 0. The molecule has 0 bridgehead atoms. The minimum atomic E-state index is -3.36. The van der Waals surface area contributed by atoms with E-state index in [9.17, 15) is 23.2 Å². The Balaban J connectivity index is 2.39. The highest BCUT2D eigenvalue weighted by atomic mass is 32.2. The largest absolute Gasteiger partial charge is 0.481 e. The zero-order valence-electron chi connectivity index (χ0n) is 13.1. The van der Waals surface area contributed by atoms with Crippen LogP contribution in [-0.2, 0) is 19.4 Å². The molecule has 3 N–H and O–H groups in total. The molecule has 0 fully saturated rings. The standard InChI is InChI=1S/C14H17N3O6S/c1-14(16-21)12(15-17(13(14)20)8-7-11(18)19)9-3-5-10(6-4-9)24(2,22)23/h3-6,16,21H,7-8H2,1-2H3,(H,18,19). The van der Waals surface area contributed by atoms with Crippen molar-refractivity contribution in [3.63, 3.8) is 0 Å². The van der Waals surface area contributed by atoms with E-state index in [1.54, 1.807) is 0 Å². The molecule has 1 aliphatic rings. The maximum absolute atomic E-state index is 12.4. The van der Waals surface area contributed by atoms with Crippen molar-refractivity contribution < 1.29 is 28.3 Å². The summed E-state index contributed by atoms with van der Waals surface area (Å²) in [4.78, 5) is 23.2. The number of hydrogen-bond donors (Lipinski definition) is 3. The van der Waals surface area contributed by atoms with Crippen LogP contribution in [0.15, 0.2) is 34.3 Å². The van der Waals surface area contributed by atoms with Gasteiger partial charge in [0.15, 0.2) is 15.4 Å². The summed E-state index contributed by atoms with van der Waals surface area (Å²) in [7, 11) is -3.36. The molecule has 0 aliphatic carbocycles. The molecule has 1 atom stereocenters. The summed E-state index contributed by atoms with van der Waals surface area (Å²) in [6.07, 6.45) is 0.780. The molecular weight excluding hydrogens is 338 g/mol. The number of benzene rings is 1. The molecule has 0 saturated carbocycles. The third-order valence-electron chi connectivity index (χ3n) is 3.67. The number of hydroxylamine groups is 1. The van der Waals surface area contributed by atoms with E-state index in [2.05, 4.69) is 5.10 Å². The molecule has 1 amide bonds. The molecule has 10 heteroatoms. The molecule has 1 aromatic rings. The molecule has 0 spiro atoms. The van der Waals surface area contributed by atoms with Crippen LogP contribution in [0.3, 0.4) is 0 Å². The lowest BCUT2D eigenvalue weighted by Crippen LogP contribution is -2.54. The third-order valence-corrected chi connectivity index (χ3v) is 4.80. The molecule has 2 rings (SSSR count). The third kappa shape index (κ3) is 3.30. The first-order valence-electron chi connectivity index (χ1n) is 6.94. The van der Waals surface area contributed by atoms with E-state index >= 15 is 0 Å². The lowest BCUT2D eigenvalue weighted by atomic mass is 9.91. The van der Waals surface area contributed by atoms with Crippen molar-refractivity contribution >= 4 is 27.4 Å². The van der Waals surface area contributed by atoms with Gasteiger partial charge in [-0.05, 0) is 19.1 Å². The second-order valence-corrected chi connectivity index (χ2v) is 7.57. The Labute approximate surface area is 138 Å². The van der Waals surface area contributed by atoms with Gasteiger partial charge in [0.25, 0.3) is 5.91 Å². The summed E-state index contributed by atoms with van der Waals surface area (Å²) in [6, 6.07) is 5.68. The normalized spacial score (nSPS) is 21.0. The fourth-order valence-corrected chi connectivity index (χ4v) is 2.92. The highest BCUT2D eigenvalue weighted by Gasteiger charge is 2.47. The number of nitrogens with zero attached hydrogens (tertiary/aromatic N) is 2. The SMILES string of the molecule is CC1(NO)C(=O)N(CCC(=O)O)N=C1c1ccc(S(C)(=O)=O)cc1. The van der Waals surface area contributed by atoms with Crippen molar-refractivity contribution in [2.45, 2.75) is 23.8 Å². The van der Waals surface area contributed by atoms with Crippen molar-refractivity contribution in [2.24, 2.45) is 5.10 Å². The van der Waals surface area contributed by atoms with Crippen LogP contribution in [0.2, 0.25) is 0 Å². The van der Waals surface area contributed by atoms with Crippen molar-refractivity contribution in [3.05, 3.63) is 29.8 Å². The quantitative estimate of drug-likeness (QED) is 0.604. The molecule has 1 aliphatic heterocycles. The van der Waals surface area contributed by atoms with Gasteiger partial charge in [0, 0.05) is 11.8 Å². The Morgan fingerprint density at radius 3 is 2.38 bits per heavy atom. The lowest BCUT2D eigenvalue weighted by molar-refractivity contribution is -0.139. The van der Waals surface area contributed by atoms with Gasteiger partial charge in [0.1, 0.15) is 0 Å². The number of rotatable bonds is 6. The van der Waals surface area contributed by atoms with Gasteiger partial charge in [-0.1, -0.05) is 12.1 Å². The molecule has 1 aromatic carbocycles. The molecule has 1 unspecified atom stereocenters. The Morgan fingerprint density at radius 1 is 1.33 bits per heavy atom. The van der Waals surface area contributed by atoms with Gasteiger partial charge < -0.3 is 10.3 Å². The fraction of sp³-hybridized carbons (Fsp3) is 0.357. The summed E-state index contributed by atoms with van der Waals surface area (Å²) in [5, 5.41) is 23.2. The first-order chi connectivity index (χ1) is 11.1. The van der Waals surface area contributed by atoms with E-state index in [0.29, 0.717) is 5.56 Å². The minimum Gasteiger partial charge on any atom is -0.481 e. The van der Waals surface area contributed by atoms with Crippen LogP contribution in [-0.4, -0.2) is 59.7 Å². The number of carbonyl (C=O) groups excluding carboxylic acids is 1. The number of hydrogen-bond acceptors (Lipinski definition) is 7. The van der Waals surface area contributed by atoms with E-state index in [1.165, 1.54) is 31.2 Å². The van der Waals surface area contributed by atoms with Crippen LogP contribution in [0.5, 0.6) is 0 Å². The molecule has 1 heterocycles. The molecule has 0 aromatic heterocycles. The molecule has 24 heavy (non-hydrogen) atoms. The monoisotopic (exact) mass is 355 g/mol. The predicted octanol–water partition coefficient (Wildman–Crippen LogP) is -0.151. The molecule has 130 valence electrons. The number of hydrazone groups is 1. The number of nitrogens with one attached hydrogen (secondary N) is 1. The number of amides is 1. The van der Waals surface area contributed by atoms with Gasteiger partial charge >= 0.3 is 5.97 Å². The summed E-state index contributed by atoms with van der Waals surface area (Å²) in [6.45, 7) is 1.26. The van der Waals surface area contributed by atoms with E-state index < -0.39 is 27.3 Å².